The molecule has 3 fully saturated rings. The standard InChI is InChI=1S/C29H34N10O/c1-35(2)7-8-36(3)22-10-25(29-21(11-30)13-34-39(29)19-22)26-14-32-27(15-31-26)37-17-23-9-24(18-37)38(23)16-20-5-6-28(40-4)33-12-20/h5-6,10,12-15,19,23-24H,7-9,16-18H2,1-4H3. The Bertz CT molecular complexity index is 1510. The Morgan fingerprint density at radius 1 is 1.02 bits per heavy atom. The van der Waals surface area contributed by atoms with Crippen LogP contribution in [0.4, 0.5) is 11.5 Å². The van der Waals surface area contributed by atoms with Gasteiger partial charge in [0, 0.05) is 69.7 Å². The lowest BCUT2D eigenvalue weighted by atomic mass is 9.87. The third-order valence-corrected chi connectivity index (χ3v) is 8.00. The molecule has 0 radical (unpaired) electrons. The van der Waals surface area contributed by atoms with Crippen molar-refractivity contribution in [3.8, 4) is 23.2 Å². The summed E-state index contributed by atoms with van der Waals surface area (Å²) in [5.74, 6) is 1.52. The molecule has 40 heavy (non-hydrogen) atoms. The van der Waals surface area contributed by atoms with Crippen LogP contribution in [0.25, 0.3) is 16.8 Å². The topological polar surface area (TPSA) is 102 Å². The zero-order valence-electron chi connectivity index (χ0n) is 23.4. The van der Waals surface area contributed by atoms with E-state index in [1.54, 1.807) is 17.8 Å². The molecule has 206 valence electrons. The van der Waals surface area contributed by atoms with E-state index in [0.717, 1.165) is 61.0 Å². The number of piperidine rings is 1. The monoisotopic (exact) mass is 538 g/mol. The molecule has 0 spiro atoms. The summed E-state index contributed by atoms with van der Waals surface area (Å²) in [5, 5.41) is 14.2. The van der Waals surface area contributed by atoms with Gasteiger partial charge in [-0.3, -0.25) is 9.88 Å². The predicted octanol–water partition coefficient (Wildman–Crippen LogP) is 2.53. The normalized spacial score (nSPS) is 18.6. The Morgan fingerprint density at radius 3 is 2.50 bits per heavy atom. The molecule has 3 aliphatic heterocycles. The van der Waals surface area contributed by atoms with Crippen LogP contribution in [-0.4, -0.2) is 101 Å². The van der Waals surface area contributed by atoms with Gasteiger partial charge in [-0.2, -0.15) is 10.4 Å². The van der Waals surface area contributed by atoms with Gasteiger partial charge in [-0.1, -0.05) is 6.07 Å². The number of likely N-dealkylation sites (N-methyl/N-ethyl adjacent to an activating group) is 2. The van der Waals surface area contributed by atoms with E-state index >= 15 is 0 Å². The van der Waals surface area contributed by atoms with Gasteiger partial charge in [0.15, 0.2) is 0 Å². The zero-order valence-corrected chi connectivity index (χ0v) is 23.4. The van der Waals surface area contributed by atoms with Gasteiger partial charge < -0.3 is 19.4 Å². The van der Waals surface area contributed by atoms with Crippen molar-refractivity contribution in [2.75, 3.05) is 64.2 Å². The first-order valence-corrected chi connectivity index (χ1v) is 13.5. The van der Waals surface area contributed by atoms with Crippen molar-refractivity contribution in [2.45, 2.75) is 25.0 Å². The van der Waals surface area contributed by atoms with Crippen molar-refractivity contribution in [1.82, 2.24) is 34.4 Å². The Morgan fingerprint density at radius 2 is 1.85 bits per heavy atom. The Labute approximate surface area is 234 Å². The summed E-state index contributed by atoms with van der Waals surface area (Å²) >= 11 is 0. The molecule has 0 N–H and O–H groups in total. The van der Waals surface area contributed by atoms with Crippen LogP contribution in [0.5, 0.6) is 5.88 Å². The van der Waals surface area contributed by atoms with Crippen molar-refractivity contribution < 1.29 is 4.74 Å². The molecule has 4 aromatic rings. The van der Waals surface area contributed by atoms with Crippen LogP contribution in [0.15, 0.2) is 49.2 Å². The summed E-state index contributed by atoms with van der Waals surface area (Å²) in [6.45, 7) is 4.52. The van der Waals surface area contributed by atoms with E-state index in [-0.39, 0.29) is 0 Å². The van der Waals surface area contributed by atoms with Crippen LogP contribution in [-0.2, 0) is 6.54 Å². The van der Waals surface area contributed by atoms with Crippen molar-refractivity contribution >= 4 is 17.0 Å². The average molecular weight is 539 g/mol. The number of fused-ring (bicyclic) bond motifs is 3. The van der Waals surface area contributed by atoms with Crippen molar-refractivity contribution in [3.63, 3.8) is 0 Å². The Hall–Kier alpha value is -4.27. The van der Waals surface area contributed by atoms with Crippen LogP contribution in [0.2, 0.25) is 0 Å². The maximum Gasteiger partial charge on any atom is 0.212 e. The molecule has 0 saturated carbocycles. The lowest BCUT2D eigenvalue weighted by molar-refractivity contribution is -0.00879. The first-order valence-electron chi connectivity index (χ1n) is 13.5. The second-order valence-corrected chi connectivity index (χ2v) is 10.9. The minimum atomic E-state index is 0.487. The van der Waals surface area contributed by atoms with Crippen molar-refractivity contribution in [2.24, 2.45) is 0 Å². The van der Waals surface area contributed by atoms with Crippen molar-refractivity contribution in [3.05, 3.63) is 60.3 Å². The largest absolute Gasteiger partial charge is 0.481 e. The van der Waals surface area contributed by atoms with E-state index in [9.17, 15) is 5.26 Å². The number of hydrogen-bond donors (Lipinski definition) is 0. The van der Waals surface area contributed by atoms with Gasteiger partial charge in [0.05, 0.1) is 54.4 Å². The van der Waals surface area contributed by atoms with E-state index in [1.165, 1.54) is 12.0 Å². The van der Waals surface area contributed by atoms with Gasteiger partial charge in [-0.25, -0.2) is 14.5 Å². The fraction of sp³-hybridized carbons (Fsp3) is 0.414. The second kappa shape index (κ2) is 10.7. The van der Waals surface area contributed by atoms with Crippen LogP contribution < -0.4 is 14.5 Å². The first-order chi connectivity index (χ1) is 19.4. The summed E-state index contributed by atoms with van der Waals surface area (Å²) in [4.78, 5) is 23.2. The van der Waals surface area contributed by atoms with Gasteiger partial charge in [0.1, 0.15) is 11.9 Å². The fourth-order valence-corrected chi connectivity index (χ4v) is 5.66. The molecule has 7 heterocycles. The quantitative estimate of drug-likeness (QED) is 0.316. The molecule has 0 aliphatic carbocycles. The molecule has 4 aromatic heterocycles. The van der Waals surface area contributed by atoms with E-state index in [0.29, 0.717) is 23.5 Å². The van der Waals surface area contributed by atoms with Crippen LogP contribution in [0.1, 0.15) is 17.5 Å². The lowest BCUT2D eigenvalue weighted by Gasteiger charge is -2.56. The smallest absolute Gasteiger partial charge is 0.212 e. The molecular formula is C29H34N10O. The molecule has 2 atom stereocenters. The molecule has 11 nitrogen and oxygen atoms in total. The number of piperazine rings is 1. The number of methoxy groups -OCH3 is 1. The number of aromatic nitrogens is 5. The van der Waals surface area contributed by atoms with Crippen LogP contribution in [0.3, 0.4) is 0 Å². The predicted molar refractivity (Wildman–Crippen MR) is 153 cm³/mol. The Kier molecular flexibility index (Phi) is 6.96. The molecule has 2 unspecified atom stereocenters. The van der Waals surface area contributed by atoms with E-state index in [2.05, 4.69) is 69.0 Å². The highest BCUT2D eigenvalue weighted by Gasteiger charge is 2.44. The average Bonchev–Trinajstić information content (AvgIpc) is 3.42. The summed E-state index contributed by atoms with van der Waals surface area (Å²) < 4.78 is 6.96. The number of nitrogens with zero attached hydrogens (tertiary/aromatic N) is 10. The minimum Gasteiger partial charge on any atom is -0.481 e. The van der Waals surface area contributed by atoms with E-state index < -0.39 is 0 Å². The molecule has 3 aliphatic rings. The summed E-state index contributed by atoms with van der Waals surface area (Å²) in [6.07, 6.45) is 10.4. The van der Waals surface area contributed by atoms with Crippen molar-refractivity contribution in [1.29, 1.82) is 5.26 Å². The molecule has 7 rings (SSSR count). The van der Waals surface area contributed by atoms with Gasteiger partial charge in [0.2, 0.25) is 5.88 Å². The number of ether oxygens (including phenoxy) is 1. The summed E-state index contributed by atoms with van der Waals surface area (Å²) in [5.41, 5.74) is 5.05. The molecular weight excluding hydrogens is 504 g/mol. The number of hydrogen-bond acceptors (Lipinski definition) is 10. The lowest BCUT2D eigenvalue weighted by Crippen LogP contribution is -2.68. The maximum atomic E-state index is 9.73. The Balaban J connectivity index is 1.20. The molecule has 11 heteroatoms. The molecule has 3 saturated heterocycles. The third-order valence-electron chi connectivity index (χ3n) is 8.00. The van der Waals surface area contributed by atoms with Gasteiger partial charge in [-0.05, 0) is 32.1 Å². The number of pyridine rings is 2. The van der Waals surface area contributed by atoms with Gasteiger partial charge >= 0.3 is 0 Å². The third kappa shape index (κ3) is 4.92. The fourth-order valence-electron chi connectivity index (χ4n) is 5.66. The second-order valence-electron chi connectivity index (χ2n) is 10.9. The molecule has 2 bridgehead atoms. The van der Waals surface area contributed by atoms with Crippen LogP contribution in [0, 0.1) is 11.3 Å². The summed E-state index contributed by atoms with van der Waals surface area (Å²) in [6, 6.07) is 9.34. The maximum absolute atomic E-state index is 9.73. The van der Waals surface area contributed by atoms with E-state index in [4.69, 9.17) is 14.7 Å². The van der Waals surface area contributed by atoms with Gasteiger partial charge in [-0.15, -0.1) is 0 Å². The van der Waals surface area contributed by atoms with Gasteiger partial charge in [0.25, 0.3) is 0 Å². The highest BCUT2D eigenvalue weighted by Crippen LogP contribution is 2.36. The van der Waals surface area contributed by atoms with E-state index in [1.807, 2.05) is 30.9 Å². The first kappa shape index (κ1) is 26.0. The highest BCUT2D eigenvalue weighted by atomic mass is 16.5. The minimum absolute atomic E-state index is 0.487. The summed E-state index contributed by atoms with van der Waals surface area (Å²) in [7, 11) is 7.83. The number of nitriles is 1. The SMILES string of the molecule is COc1ccc(CN2C3CC2CN(c2cnc(-c4cc(N(C)CCN(C)C)cn5ncc(C#N)c45)cn2)C3)cn1. The van der Waals surface area contributed by atoms with Crippen LogP contribution >= 0.6 is 0 Å². The zero-order chi connectivity index (χ0) is 27.8. The molecule has 0 amide bonds. The number of rotatable bonds is 9. The highest BCUT2D eigenvalue weighted by molar-refractivity contribution is 5.85. The molecule has 0 aromatic carbocycles. The number of anilines is 2.